The molecule has 0 bridgehead atoms. The number of sulfonamides is 1. The van der Waals surface area contributed by atoms with Crippen LogP contribution in [0.3, 0.4) is 0 Å². The second-order valence-corrected chi connectivity index (χ2v) is 7.40. The lowest BCUT2D eigenvalue weighted by atomic mass is 10.1. The van der Waals surface area contributed by atoms with Crippen molar-refractivity contribution in [1.29, 1.82) is 5.26 Å². The number of hydrogen-bond acceptors (Lipinski definition) is 4. The summed E-state index contributed by atoms with van der Waals surface area (Å²) in [5.74, 6) is -0.340. The Balaban J connectivity index is 1.82. The molecule has 0 amide bonds. The summed E-state index contributed by atoms with van der Waals surface area (Å²) in [5, 5.41) is 8.85. The van der Waals surface area contributed by atoms with Crippen LogP contribution in [0.4, 0.5) is 4.39 Å². The first-order chi connectivity index (χ1) is 11.5. The third-order valence-corrected chi connectivity index (χ3v) is 5.49. The van der Waals surface area contributed by atoms with Gasteiger partial charge in [0.05, 0.1) is 4.90 Å². The fourth-order valence-electron chi connectivity index (χ4n) is 2.72. The fourth-order valence-corrected chi connectivity index (χ4v) is 4.03. The van der Waals surface area contributed by atoms with E-state index in [4.69, 9.17) is 5.26 Å². The van der Waals surface area contributed by atoms with Crippen LogP contribution in [0, 0.1) is 17.3 Å². The van der Waals surface area contributed by atoms with Gasteiger partial charge in [-0.1, -0.05) is 24.3 Å². The molecule has 0 aromatic heterocycles. The van der Waals surface area contributed by atoms with E-state index in [9.17, 15) is 12.8 Å². The Hall–Kier alpha value is -2.43. The summed E-state index contributed by atoms with van der Waals surface area (Å²) in [6, 6.07) is 12.1. The van der Waals surface area contributed by atoms with Crippen LogP contribution in [0.1, 0.15) is 6.42 Å². The molecule has 0 spiro atoms. The first kappa shape index (κ1) is 16.4. The van der Waals surface area contributed by atoms with Gasteiger partial charge in [-0.3, -0.25) is 0 Å². The average molecular weight is 345 g/mol. The van der Waals surface area contributed by atoms with Gasteiger partial charge < -0.3 is 4.90 Å². The predicted molar refractivity (Wildman–Crippen MR) is 87.7 cm³/mol. The summed E-state index contributed by atoms with van der Waals surface area (Å²) in [4.78, 5) is 1.68. The van der Waals surface area contributed by atoms with E-state index in [0.29, 0.717) is 25.1 Å². The molecule has 0 unspecified atom stereocenters. The maximum Gasteiger partial charge on any atom is 0.240 e. The molecule has 1 aliphatic heterocycles. The summed E-state index contributed by atoms with van der Waals surface area (Å²) in [5.41, 5.74) is 1.44. The molecule has 1 aliphatic rings. The van der Waals surface area contributed by atoms with Gasteiger partial charge in [0.25, 0.3) is 0 Å². The molecule has 1 atom stereocenters. The Morgan fingerprint density at radius 1 is 1.17 bits per heavy atom. The highest BCUT2D eigenvalue weighted by Crippen LogP contribution is 2.23. The topological polar surface area (TPSA) is 73.2 Å². The molecule has 1 fully saturated rings. The van der Waals surface area contributed by atoms with Crippen molar-refractivity contribution >= 4 is 10.0 Å². The van der Waals surface area contributed by atoms with Gasteiger partial charge in [0.2, 0.25) is 10.0 Å². The lowest BCUT2D eigenvalue weighted by molar-refractivity contribution is 0.470. The Kier molecular flexibility index (Phi) is 4.51. The largest absolute Gasteiger partial charge is 0.309 e. The summed E-state index contributed by atoms with van der Waals surface area (Å²) in [6.45, 7) is 0.937. The van der Waals surface area contributed by atoms with E-state index >= 15 is 0 Å². The quantitative estimate of drug-likeness (QED) is 0.863. The summed E-state index contributed by atoms with van der Waals surface area (Å²) in [7, 11) is -3.67. The molecule has 7 heteroatoms. The predicted octanol–water partition coefficient (Wildman–Crippen LogP) is 2.33. The summed E-state index contributed by atoms with van der Waals surface area (Å²) in [6.07, 6.45) is 2.62. The summed E-state index contributed by atoms with van der Waals surface area (Å²) >= 11 is 0. The second-order valence-electron chi connectivity index (χ2n) is 5.69. The molecule has 2 aromatic rings. The van der Waals surface area contributed by atoms with Crippen molar-refractivity contribution in [3.05, 3.63) is 54.3 Å². The lowest BCUT2D eigenvalue weighted by Crippen LogP contribution is -2.36. The van der Waals surface area contributed by atoms with Crippen LogP contribution in [-0.4, -0.2) is 32.4 Å². The van der Waals surface area contributed by atoms with Crippen molar-refractivity contribution < 1.29 is 12.8 Å². The standard InChI is InChI=1S/C17H16FN3O2S/c18-15-6-4-13(5-7-15)14-2-1-3-17(10-14)24(22,23)20-16-8-9-21(11-16)12-19/h1-7,10,16,20H,8-9,11H2/t16-/m1/s1. The number of likely N-dealkylation sites (tertiary alicyclic amines) is 1. The summed E-state index contributed by atoms with van der Waals surface area (Å²) < 4.78 is 40.8. The number of rotatable bonds is 4. The zero-order valence-corrected chi connectivity index (χ0v) is 13.6. The number of halogens is 1. The fraction of sp³-hybridized carbons (Fsp3) is 0.235. The van der Waals surface area contributed by atoms with E-state index in [1.165, 1.54) is 23.1 Å². The molecule has 1 saturated heterocycles. The molecule has 5 nitrogen and oxygen atoms in total. The van der Waals surface area contributed by atoms with Crippen molar-refractivity contribution in [2.75, 3.05) is 13.1 Å². The molecular weight excluding hydrogens is 329 g/mol. The van der Waals surface area contributed by atoms with Crippen molar-refractivity contribution in [2.45, 2.75) is 17.4 Å². The third kappa shape index (κ3) is 3.55. The van der Waals surface area contributed by atoms with E-state index in [2.05, 4.69) is 4.72 Å². The number of benzene rings is 2. The molecule has 124 valence electrons. The van der Waals surface area contributed by atoms with Crippen LogP contribution in [-0.2, 0) is 10.0 Å². The van der Waals surface area contributed by atoms with Gasteiger partial charge in [-0.15, -0.1) is 0 Å². The normalized spacial score (nSPS) is 17.7. The Morgan fingerprint density at radius 3 is 2.58 bits per heavy atom. The SMILES string of the molecule is N#CN1CC[C@@H](NS(=O)(=O)c2cccc(-c3ccc(F)cc3)c2)C1. The Bertz CT molecular complexity index is 875. The second kappa shape index (κ2) is 6.59. The van der Waals surface area contributed by atoms with Gasteiger partial charge in [0.15, 0.2) is 6.19 Å². The average Bonchev–Trinajstić information content (AvgIpc) is 3.02. The van der Waals surface area contributed by atoms with Crippen LogP contribution >= 0.6 is 0 Å². The molecule has 1 heterocycles. The lowest BCUT2D eigenvalue weighted by Gasteiger charge is -2.13. The van der Waals surface area contributed by atoms with Crippen LogP contribution in [0.2, 0.25) is 0 Å². The minimum atomic E-state index is -3.67. The van der Waals surface area contributed by atoms with Gasteiger partial charge >= 0.3 is 0 Å². The van der Waals surface area contributed by atoms with E-state index in [0.717, 1.165) is 5.56 Å². The maximum atomic E-state index is 13.0. The van der Waals surface area contributed by atoms with Crippen LogP contribution < -0.4 is 4.72 Å². The van der Waals surface area contributed by atoms with E-state index < -0.39 is 10.0 Å². The highest BCUT2D eigenvalue weighted by atomic mass is 32.2. The van der Waals surface area contributed by atoms with Crippen LogP contribution in [0.25, 0.3) is 11.1 Å². The van der Waals surface area contributed by atoms with E-state index in [-0.39, 0.29) is 16.8 Å². The van der Waals surface area contributed by atoms with Gasteiger partial charge in [0.1, 0.15) is 5.82 Å². The van der Waals surface area contributed by atoms with Gasteiger partial charge in [0, 0.05) is 19.1 Å². The van der Waals surface area contributed by atoms with Crippen molar-refractivity contribution in [2.24, 2.45) is 0 Å². The molecule has 3 rings (SSSR count). The van der Waals surface area contributed by atoms with Crippen molar-refractivity contribution in [3.63, 3.8) is 0 Å². The smallest absolute Gasteiger partial charge is 0.240 e. The molecule has 1 N–H and O–H groups in total. The van der Waals surface area contributed by atoms with Crippen LogP contribution in [0.15, 0.2) is 53.4 Å². The highest BCUT2D eigenvalue weighted by molar-refractivity contribution is 7.89. The molecule has 0 radical (unpaired) electrons. The van der Waals surface area contributed by atoms with Gasteiger partial charge in [-0.2, -0.15) is 5.26 Å². The molecular formula is C17H16FN3O2S. The van der Waals surface area contributed by atoms with E-state index in [1.54, 1.807) is 30.3 Å². The minimum Gasteiger partial charge on any atom is -0.309 e. The number of hydrogen-bond donors (Lipinski definition) is 1. The minimum absolute atomic E-state index is 0.153. The van der Waals surface area contributed by atoms with E-state index in [1.807, 2.05) is 6.19 Å². The molecule has 0 aliphatic carbocycles. The maximum absolute atomic E-state index is 13.0. The van der Waals surface area contributed by atoms with Crippen LogP contribution in [0.5, 0.6) is 0 Å². The van der Waals surface area contributed by atoms with Gasteiger partial charge in [-0.25, -0.2) is 17.5 Å². The van der Waals surface area contributed by atoms with Gasteiger partial charge in [-0.05, 0) is 41.8 Å². The zero-order valence-electron chi connectivity index (χ0n) is 12.8. The monoisotopic (exact) mass is 345 g/mol. The Labute approximate surface area is 140 Å². The number of nitriles is 1. The molecule has 0 saturated carbocycles. The zero-order chi connectivity index (χ0) is 17.2. The number of nitrogens with zero attached hydrogens (tertiary/aromatic N) is 2. The number of nitrogens with one attached hydrogen (secondary N) is 1. The van der Waals surface area contributed by atoms with Crippen molar-refractivity contribution in [3.8, 4) is 17.3 Å². The highest BCUT2D eigenvalue weighted by Gasteiger charge is 2.26. The molecule has 2 aromatic carbocycles. The first-order valence-corrected chi connectivity index (χ1v) is 8.99. The Morgan fingerprint density at radius 2 is 1.92 bits per heavy atom. The first-order valence-electron chi connectivity index (χ1n) is 7.51. The molecule has 24 heavy (non-hydrogen) atoms. The third-order valence-electron chi connectivity index (χ3n) is 3.97. The van der Waals surface area contributed by atoms with Crippen molar-refractivity contribution in [1.82, 2.24) is 9.62 Å².